The van der Waals surface area contributed by atoms with Crippen LogP contribution in [-0.4, -0.2) is 63.4 Å². The molecule has 28 heavy (non-hydrogen) atoms. The maximum Gasteiger partial charge on any atom is 0.254 e. The Hall–Kier alpha value is -2.51. The lowest BCUT2D eigenvalue weighted by Crippen LogP contribution is -2.41. The molecule has 4 heterocycles. The molecule has 2 aromatic heterocycles. The molecule has 2 aliphatic rings. The van der Waals surface area contributed by atoms with E-state index in [-0.39, 0.29) is 0 Å². The molecule has 0 saturated carbocycles. The quantitative estimate of drug-likeness (QED) is 0.736. The molecule has 7 heteroatoms. The van der Waals surface area contributed by atoms with Crippen LogP contribution in [0.4, 0.5) is 5.82 Å². The highest BCUT2D eigenvalue weighted by atomic mass is 16.5. The first-order chi connectivity index (χ1) is 13.8. The number of nitrogens with one attached hydrogen (secondary N) is 1. The number of nitrogens with zero attached hydrogens (tertiary/aromatic N) is 5. The van der Waals surface area contributed by atoms with Crippen molar-refractivity contribution in [2.24, 2.45) is 5.92 Å². The minimum absolute atomic E-state index is 0.439. The lowest BCUT2D eigenvalue weighted by Gasteiger charge is -2.34. The van der Waals surface area contributed by atoms with Crippen molar-refractivity contribution in [3.63, 3.8) is 0 Å². The Morgan fingerprint density at radius 2 is 1.96 bits per heavy atom. The zero-order chi connectivity index (χ0) is 18.8. The number of anilines is 1. The van der Waals surface area contributed by atoms with Gasteiger partial charge >= 0.3 is 0 Å². The fourth-order valence-electron chi connectivity index (χ4n) is 4.23. The van der Waals surface area contributed by atoms with Crippen LogP contribution in [0.15, 0.2) is 42.7 Å². The molecular formula is C21H26N6O. The van der Waals surface area contributed by atoms with Crippen LogP contribution in [0.1, 0.15) is 19.3 Å². The Morgan fingerprint density at radius 1 is 1.11 bits per heavy atom. The van der Waals surface area contributed by atoms with Crippen molar-refractivity contribution in [3.8, 4) is 11.3 Å². The Bertz CT molecular complexity index is 913. The van der Waals surface area contributed by atoms with Crippen molar-refractivity contribution in [2.45, 2.75) is 25.3 Å². The van der Waals surface area contributed by atoms with Gasteiger partial charge in [0.1, 0.15) is 12.1 Å². The third-order valence-electron chi connectivity index (χ3n) is 5.80. The first-order valence-corrected chi connectivity index (χ1v) is 10.2. The van der Waals surface area contributed by atoms with Gasteiger partial charge in [-0.15, -0.1) is 0 Å². The molecule has 0 radical (unpaired) electrons. The van der Waals surface area contributed by atoms with E-state index in [0.717, 1.165) is 56.2 Å². The highest BCUT2D eigenvalue weighted by molar-refractivity contribution is 5.65. The molecule has 1 N–H and O–H groups in total. The van der Waals surface area contributed by atoms with Crippen LogP contribution in [0, 0.1) is 5.92 Å². The molecule has 1 aromatic carbocycles. The molecular weight excluding hydrogens is 352 g/mol. The predicted molar refractivity (Wildman–Crippen MR) is 108 cm³/mol. The number of fused-ring (bicyclic) bond motifs is 1. The van der Waals surface area contributed by atoms with Gasteiger partial charge in [0, 0.05) is 43.9 Å². The Labute approximate surface area is 164 Å². The second kappa shape index (κ2) is 7.85. The summed E-state index contributed by atoms with van der Waals surface area (Å²) in [6.07, 6.45) is 5.04. The highest BCUT2D eigenvalue weighted by Gasteiger charge is 2.24. The van der Waals surface area contributed by atoms with Gasteiger partial charge in [-0.05, 0) is 25.2 Å². The lowest BCUT2D eigenvalue weighted by atomic mass is 10.0. The third kappa shape index (κ3) is 3.72. The fourth-order valence-corrected chi connectivity index (χ4v) is 4.23. The molecule has 0 aliphatic carbocycles. The zero-order valence-corrected chi connectivity index (χ0v) is 16.0. The number of likely N-dealkylation sites (tertiary alicyclic amines) is 1. The minimum atomic E-state index is 0.439. The van der Waals surface area contributed by atoms with E-state index in [1.54, 1.807) is 10.8 Å². The van der Waals surface area contributed by atoms with Crippen LogP contribution in [0.3, 0.4) is 0 Å². The van der Waals surface area contributed by atoms with Gasteiger partial charge in [0.2, 0.25) is 0 Å². The number of rotatable bonds is 5. The van der Waals surface area contributed by atoms with Crippen LogP contribution < -0.4 is 5.32 Å². The first-order valence-electron chi connectivity index (χ1n) is 10.2. The van der Waals surface area contributed by atoms with Crippen LogP contribution in [0.25, 0.3) is 17.0 Å². The largest absolute Gasteiger partial charge is 0.381 e. The number of hydrogen-bond acceptors (Lipinski definition) is 6. The van der Waals surface area contributed by atoms with Gasteiger partial charge in [-0.3, -0.25) is 0 Å². The average molecular weight is 378 g/mol. The van der Waals surface area contributed by atoms with E-state index in [2.05, 4.69) is 43.5 Å². The van der Waals surface area contributed by atoms with E-state index in [1.807, 2.05) is 18.2 Å². The van der Waals surface area contributed by atoms with Crippen molar-refractivity contribution in [2.75, 3.05) is 38.2 Å². The molecule has 5 rings (SSSR count). The van der Waals surface area contributed by atoms with E-state index in [9.17, 15) is 0 Å². The van der Waals surface area contributed by atoms with Crippen LogP contribution >= 0.6 is 0 Å². The van der Waals surface area contributed by atoms with Gasteiger partial charge in [0.25, 0.3) is 5.78 Å². The minimum Gasteiger partial charge on any atom is -0.381 e. The maximum absolute atomic E-state index is 5.52. The second-order valence-corrected chi connectivity index (χ2v) is 7.81. The summed E-state index contributed by atoms with van der Waals surface area (Å²) >= 11 is 0. The van der Waals surface area contributed by atoms with Gasteiger partial charge in [-0.2, -0.15) is 14.6 Å². The van der Waals surface area contributed by atoms with E-state index in [1.165, 1.54) is 13.0 Å². The topological polar surface area (TPSA) is 67.6 Å². The second-order valence-electron chi connectivity index (χ2n) is 7.81. The van der Waals surface area contributed by atoms with E-state index in [4.69, 9.17) is 4.74 Å². The van der Waals surface area contributed by atoms with Gasteiger partial charge in [0.05, 0.1) is 12.3 Å². The Morgan fingerprint density at radius 3 is 2.75 bits per heavy atom. The SMILES string of the molecule is c1ccc(-c2cc(NC3CCN(CC4CCOC4)CC3)n3ncnc3n2)cc1. The molecule has 2 aliphatic heterocycles. The van der Waals surface area contributed by atoms with Gasteiger partial charge in [-0.1, -0.05) is 30.3 Å². The van der Waals surface area contributed by atoms with Crippen LogP contribution in [0.5, 0.6) is 0 Å². The summed E-state index contributed by atoms with van der Waals surface area (Å²) in [5.41, 5.74) is 2.01. The molecule has 7 nitrogen and oxygen atoms in total. The van der Waals surface area contributed by atoms with Crippen LogP contribution in [0.2, 0.25) is 0 Å². The van der Waals surface area contributed by atoms with Crippen LogP contribution in [-0.2, 0) is 4.74 Å². The average Bonchev–Trinajstić information content (AvgIpc) is 3.42. The van der Waals surface area contributed by atoms with Gasteiger partial charge in [0.15, 0.2) is 0 Å². The molecule has 2 saturated heterocycles. The van der Waals surface area contributed by atoms with Crippen molar-refractivity contribution < 1.29 is 4.74 Å². The Balaban J connectivity index is 1.29. The summed E-state index contributed by atoms with van der Waals surface area (Å²) in [5, 5.41) is 8.06. The summed E-state index contributed by atoms with van der Waals surface area (Å²) in [6.45, 7) is 5.30. The third-order valence-corrected chi connectivity index (χ3v) is 5.80. The smallest absolute Gasteiger partial charge is 0.254 e. The monoisotopic (exact) mass is 378 g/mol. The first kappa shape index (κ1) is 17.6. The van der Waals surface area contributed by atoms with Crippen molar-refractivity contribution in [3.05, 3.63) is 42.7 Å². The molecule has 0 amide bonds. The number of piperidine rings is 1. The van der Waals surface area contributed by atoms with Crippen molar-refractivity contribution in [1.82, 2.24) is 24.5 Å². The van der Waals surface area contributed by atoms with Gasteiger partial charge in [-0.25, -0.2) is 4.98 Å². The maximum atomic E-state index is 5.52. The van der Waals surface area contributed by atoms with Crippen molar-refractivity contribution >= 4 is 11.6 Å². The molecule has 146 valence electrons. The summed E-state index contributed by atoms with van der Waals surface area (Å²) < 4.78 is 7.32. The van der Waals surface area contributed by atoms with Gasteiger partial charge < -0.3 is 15.0 Å². The summed E-state index contributed by atoms with van der Waals surface area (Å²) in [5.74, 6) is 2.31. The van der Waals surface area contributed by atoms with Crippen molar-refractivity contribution in [1.29, 1.82) is 0 Å². The summed E-state index contributed by atoms with van der Waals surface area (Å²) in [7, 11) is 0. The lowest BCUT2D eigenvalue weighted by molar-refractivity contribution is 0.154. The summed E-state index contributed by atoms with van der Waals surface area (Å²) in [6, 6.07) is 12.7. The highest BCUT2D eigenvalue weighted by Crippen LogP contribution is 2.24. The molecule has 1 unspecified atom stereocenters. The standard InChI is InChI=1S/C21H26N6O/c1-2-4-17(5-3-1)19-12-20(27-21(25-19)22-15-23-27)24-18-6-9-26(10-7-18)13-16-8-11-28-14-16/h1-5,12,15-16,18,24H,6-11,13-14H2. The predicted octanol–water partition coefficient (Wildman–Crippen LogP) is 2.70. The molecule has 1 atom stereocenters. The zero-order valence-electron chi connectivity index (χ0n) is 16.0. The van der Waals surface area contributed by atoms with E-state index >= 15 is 0 Å². The molecule has 3 aromatic rings. The molecule has 0 spiro atoms. The number of hydrogen-bond donors (Lipinski definition) is 1. The number of benzene rings is 1. The number of ether oxygens (including phenoxy) is 1. The number of aromatic nitrogens is 4. The molecule has 2 fully saturated rings. The molecule has 0 bridgehead atoms. The summed E-state index contributed by atoms with van der Waals surface area (Å²) in [4.78, 5) is 11.6. The van der Waals surface area contributed by atoms with E-state index < -0.39 is 0 Å². The normalized spacial score (nSPS) is 21.4. The van der Waals surface area contributed by atoms with E-state index in [0.29, 0.717) is 17.7 Å². The fraction of sp³-hybridized carbons (Fsp3) is 0.476. The Kier molecular flexibility index (Phi) is 4.93.